The second-order valence-corrected chi connectivity index (χ2v) is 11.8. The molecule has 206 valence electrons. The lowest BCUT2D eigenvalue weighted by atomic mass is 9.77. The first-order valence-corrected chi connectivity index (χ1v) is 13.9. The Labute approximate surface area is 222 Å². The summed E-state index contributed by atoms with van der Waals surface area (Å²) in [5.74, 6) is 1.70. The lowest BCUT2D eigenvalue weighted by Crippen LogP contribution is -2.60. The van der Waals surface area contributed by atoms with Crippen LogP contribution in [-0.2, 0) is 9.59 Å². The fraction of sp³-hybridized carbons (Fsp3) is 0.731. The maximum Gasteiger partial charge on any atom is 0.271 e. The van der Waals surface area contributed by atoms with Crippen LogP contribution in [0, 0.1) is 23.7 Å². The predicted octanol–water partition coefficient (Wildman–Crippen LogP) is 1.81. The van der Waals surface area contributed by atoms with Gasteiger partial charge in [0.25, 0.3) is 5.91 Å². The van der Waals surface area contributed by atoms with Gasteiger partial charge in [0.05, 0.1) is 0 Å². The van der Waals surface area contributed by atoms with Gasteiger partial charge in [-0.1, -0.05) is 20.8 Å². The zero-order valence-electron chi connectivity index (χ0n) is 22.5. The number of carbonyl (C=O) groups is 3. The van der Waals surface area contributed by atoms with Gasteiger partial charge < -0.3 is 15.1 Å². The number of carbonyl (C=O) groups excluding carboxylic acids is 3. The van der Waals surface area contributed by atoms with Crippen LogP contribution in [0.2, 0.25) is 0 Å². The fourth-order valence-electron chi connectivity index (χ4n) is 6.45. The summed E-state index contributed by atoms with van der Waals surface area (Å²) in [6.07, 6.45) is 6.73. The molecule has 5 heterocycles. The molecular weight excluding hydrogens is 486 g/mol. The molecule has 0 unspecified atom stereocenters. The van der Waals surface area contributed by atoms with Crippen LogP contribution >= 0.6 is 0 Å². The maximum absolute atomic E-state index is 13.6. The number of nitrogens with zero attached hydrogens (tertiary/aromatic N) is 7. The van der Waals surface area contributed by atoms with Gasteiger partial charge in [-0.05, 0) is 66.2 Å². The number of amides is 3. The molecule has 3 aliphatic rings. The molecule has 2 N–H and O–H groups in total. The number of H-pyrrole nitrogens is 1. The van der Waals surface area contributed by atoms with E-state index in [9.17, 15) is 14.4 Å². The van der Waals surface area contributed by atoms with Crippen LogP contribution in [0.15, 0.2) is 12.4 Å². The van der Waals surface area contributed by atoms with Crippen molar-refractivity contribution in [3.8, 4) is 5.82 Å². The molecule has 38 heavy (non-hydrogen) atoms. The Hall–Kier alpha value is -3.31. The molecule has 3 fully saturated rings. The second kappa shape index (κ2) is 11.2. The SMILES string of the molecule is CC(C)[C@@H]1CC[C@@H](C)CC(=O)N2C[C@H]3C[C@@H](CN(C(=O)c4cc(-n5cnnn5)n[nH]4)C3)[C@@H]2CCCC(=O)N1. The Bertz CT molecular complexity index is 1130. The van der Waals surface area contributed by atoms with Crippen molar-refractivity contribution >= 4 is 17.7 Å². The van der Waals surface area contributed by atoms with Crippen molar-refractivity contribution in [2.75, 3.05) is 19.6 Å². The minimum absolute atomic E-state index is 0.0366. The van der Waals surface area contributed by atoms with Crippen LogP contribution in [0.3, 0.4) is 0 Å². The lowest BCUT2D eigenvalue weighted by molar-refractivity contribution is -0.141. The van der Waals surface area contributed by atoms with Crippen LogP contribution in [0.1, 0.15) is 76.2 Å². The van der Waals surface area contributed by atoms with Crippen LogP contribution < -0.4 is 5.32 Å². The molecule has 3 aliphatic heterocycles. The molecule has 0 saturated carbocycles. The molecule has 5 rings (SSSR count). The van der Waals surface area contributed by atoms with Gasteiger partial charge in [-0.3, -0.25) is 19.5 Å². The minimum atomic E-state index is -0.108. The quantitative estimate of drug-likeness (QED) is 0.622. The molecule has 12 heteroatoms. The van der Waals surface area contributed by atoms with Crippen LogP contribution in [0.5, 0.6) is 0 Å². The molecule has 0 spiro atoms. The first-order chi connectivity index (χ1) is 18.3. The van der Waals surface area contributed by atoms with E-state index < -0.39 is 0 Å². The molecule has 12 nitrogen and oxygen atoms in total. The normalized spacial score (nSPS) is 29.2. The van der Waals surface area contributed by atoms with Gasteiger partial charge in [-0.25, -0.2) is 0 Å². The van der Waals surface area contributed by atoms with Crippen molar-refractivity contribution in [2.24, 2.45) is 23.7 Å². The second-order valence-electron chi connectivity index (χ2n) is 11.8. The Kier molecular flexibility index (Phi) is 7.75. The van der Waals surface area contributed by atoms with Crippen molar-refractivity contribution in [1.29, 1.82) is 0 Å². The highest BCUT2D eigenvalue weighted by atomic mass is 16.2. The molecular formula is C26H39N9O3. The molecule has 0 radical (unpaired) electrons. The third-order valence-corrected chi connectivity index (χ3v) is 8.50. The van der Waals surface area contributed by atoms with Crippen molar-refractivity contribution in [2.45, 2.75) is 77.8 Å². The topological polar surface area (TPSA) is 142 Å². The number of aromatic amines is 1. The summed E-state index contributed by atoms with van der Waals surface area (Å²) in [4.78, 5) is 43.7. The monoisotopic (exact) mass is 525 g/mol. The van der Waals surface area contributed by atoms with Crippen molar-refractivity contribution < 1.29 is 14.4 Å². The van der Waals surface area contributed by atoms with E-state index in [0.29, 0.717) is 49.9 Å². The van der Waals surface area contributed by atoms with Crippen LogP contribution in [-0.4, -0.2) is 89.6 Å². The number of hydrogen-bond acceptors (Lipinski definition) is 7. The standard InChI is InChI=1S/C26H39N9O3/c1-16(2)20-8-7-17(3)9-25(37)34-13-18-10-19(22(34)5-4-6-24(36)28-20)14-33(12-18)26(38)21-11-23(30-29-21)35-15-27-31-32-35/h11,15-20,22H,4-10,12-14H2,1-3H3,(H,28,36)(H,29,30)/t17-,18+,19+,20+,22+/m1/s1. The number of piperidine rings is 2. The predicted molar refractivity (Wildman–Crippen MR) is 138 cm³/mol. The van der Waals surface area contributed by atoms with E-state index in [0.717, 1.165) is 32.1 Å². The smallest absolute Gasteiger partial charge is 0.271 e. The van der Waals surface area contributed by atoms with E-state index >= 15 is 0 Å². The summed E-state index contributed by atoms with van der Waals surface area (Å²) in [6, 6.07) is 1.84. The van der Waals surface area contributed by atoms with Gasteiger partial charge in [-0.2, -0.15) is 9.78 Å². The summed E-state index contributed by atoms with van der Waals surface area (Å²) < 4.78 is 1.40. The van der Waals surface area contributed by atoms with Gasteiger partial charge in [0.2, 0.25) is 11.8 Å². The van der Waals surface area contributed by atoms with Crippen molar-refractivity contribution in [3.63, 3.8) is 0 Å². The van der Waals surface area contributed by atoms with Gasteiger partial charge in [0.15, 0.2) is 5.82 Å². The zero-order chi connectivity index (χ0) is 26.8. The summed E-state index contributed by atoms with van der Waals surface area (Å²) >= 11 is 0. The Morgan fingerprint density at radius 1 is 1.13 bits per heavy atom. The molecule has 3 saturated heterocycles. The first-order valence-electron chi connectivity index (χ1n) is 13.9. The highest BCUT2D eigenvalue weighted by Crippen LogP contribution is 2.37. The molecule has 0 aromatic carbocycles. The van der Waals surface area contributed by atoms with Gasteiger partial charge >= 0.3 is 0 Å². The highest BCUT2D eigenvalue weighted by molar-refractivity contribution is 5.92. The molecule has 2 aromatic heterocycles. The maximum atomic E-state index is 13.6. The average molecular weight is 526 g/mol. The molecule has 2 bridgehead atoms. The van der Waals surface area contributed by atoms with Crippen molar-refractivity contribution in [1.82, 2.24) is 45.5 Å². The fourth-order valence-corrected chi connectivity index (χ4v) is 6.45. The Morgan fingerprint density at radius 2 is 1.97 bits per heavy atom. The minimum Gasteiger partial charge on any atom is -0.353 e. The highest BCUT2D eigenvalue weighted by Gasteiger charge is 2.44. The number of aromatic nitrogens is 6. The number of nitrogens with one attached hydrogen (secondary N) is 2. The summed E-state index contributed by atoms with van der Waals surface area (Å²) in [6.45, 7) is 8.28. The van der Waals surface area contributed by atoms with E-state index in [1.807, 2.05) is 4.90 Å². The van der Waals surface area contributed by atoms with Gasteiger partial charge in [-0.15, -0.1) is 5.10 Å². The Balaban J connectivity index is 1.30. The molecule has 2 aromatic rings. The third kappa shape index (κ3) is 5.73. The zero-order valence-corrected chi connectivity index (χ0v) is 22.5. The average Bonchev–Trinajstić information content (AvgIpc) is 3.58. The van der Waals surface area contributed by atoms with E-state index in [1.54, 1.807) is 6.07 Å². The van der Waals surface area contributed by atoms with Crippen LogP contribution in [0.4, 0.5) is 0 Å². The van der Waals surface area contributed by atoms with E-state index in [1.165, 1.54) is 11.0 Å². The third-order valence-electron chi connectivity index (χ3n) is 8.50. The van der Waals surface area contributed by atoms with E-state index in [4.69, 9.17) is 0 Å². The van der Waals surface area contributed by atoms with E-state index in [2.05, 4.69) is 56.7 Å². The Morgan fingerprint density at radius 3 is 2.74 bits per heavy atom. The van der Waals surface area contributed by atoms with Crippen molar-refractivity contribution in [3.05, 3.63) is 18.1 Å². The number of hydrogen-bond donors (Lipinski definition) is 2. The lowest BCUT2D eigenvalue weighted by Gasteiger charge is -2.51. The summed E-state index contributed by atoms with van der Waals surface area (Å²) in [5, 5.41) is 21.3. The summed E-state index contributed by atoms with van der Waals surface area (Å²) in [7, 11) is 0. The summed E-state index contributed by atoms with van der Waals surface area (Å²) in [5.41, 5.74) is 0.392. The molecule has 3 amide bonds. The molecule has 0 aliphatic carbocycles. The molecule has 5 atom stereocenters. The number of rotatable bonds is 3. The first kappa shape index (κ1) is 26.3. The van der Waals surface area contributed by atoms with E-state index in [-0.39, 0.29) is 47.6 Å². The number of tetrazole rings is 1. The number of likely N-dealkylation sites (tertiary alicyclic amines) is 1. The van der Waals surface area contributed by atoms with Gasteiger partial charge in [0, 0.05) is 50.6 Å². The van der Waals surface area contributed by atoms with Gasteiger partial charge in [0.1, 0.15) is 12.0 Å². The van der Waals surface area contributed by atoms with Crippen LogP contribution in [0.25, 0.3) is 5.82 Å². The largest absolute Gasteiger partial charge is 0.353 e. The number of fused-ring (bicyclic) bond motifs is 4.